The predicted molar refractivity (Wildman–Crippen MR) is 188 cm³/mol. The third-order valence-corrected chi connectivity index (χ3v) is 9.27. The van der Waals surface area contributed by atoms with E-state index in [4.69, 9.17) is 0 Å². The first kappa shape index (κ1) is 26.2. The summed E-state index contributed by atoms with van der Waals surface area (Å²) < 4.78 is 0. The summed E-state index contributed by atoms with van der Waals surface area (Å²) >= 11 is 0. The van der Waals surface area contributed by atoms with E-state index in [1.54, 1.807) is 0 Å². The van der Waals surface area contributed by atoms with Gasteiger partial charge >= 0.3 is 0 Å². The largest absolute Gasteiger partial charge is 0.355 e. The molecule has 0 spiro atoms. The average molecular weight is 564 g/mol. The number of nitrogens with one attached hydrogen (secondary N) is 1. The summed E-state index contributed by atoms with van der Waals surface area (Å²) in [6.07, 6.45) is 0. The molecule has 1 aliphatic rings. The van der Waals surface area contributed by atoms with E-state index in [9.17, 15) is 0 Å². The molecule has 0 aliphatic heterocycles. The molecule has 0 saturated heterocycles. The van der Waals surface area contributed by atoms with Gasteiger partial charge in [-0.25, -0.2) is 0 Å². The van der Waals surface area contributed by atoms with E-state index in [0.717, 1.165) is 11.4 Å². The number of anilines is 2. The van der Waals surface area contributed by atoms with Gasteiger partial charge in [-0.15, -0.1) is 0 Å². The number of hydrogen-bond acceptors (Lipinski definition) is 1. The van der Waals surface area contributed by atoms with Gasteiger partial charge in [-0.2, -0.15) is 0 Å². The molecule has 1 aliphatic carbocycles. The highest BCUT2D eigenvalue weighted by Gasteiger charge is 2.35. The van der Waals surface area contributed by atoms with Gasteiger partial charge in [0, 0.05) is 16.8 Å². The standard InChI is InChI=1S/C43H33N/c1-43(2)41-18-9-8-16-38(41)39-26-24-34(28-42(39)43)44-33-23-25-37(40(27-33)30-11-4-3-5-12-30)32-21-19-31(20-22-32)36-17-10-14-29-13-6-7-15-35(29)36/h3-28,44H,1-2H3. The maximum absolute atomic E-state index is 3.73. The summed E-state index contributed by atoms with van der Waals surface area (Å²) in [4.78, 5) is 0. The van der Waals surface area contributed by atoms with E-state index >= 15 is 0 Å². The van der Waals surface area contributed by atoms with Gasteiger partial charge in [0.2, 0.25) is 0 Å². The summed E-state index contributed by atoms with van der Waals surface area (Å²) in [5.41, 5.74) is 14.9. The molecule has 1 nitrogen and oxygen atoms in total. The van der Waals surface area contributed by atoms with Crippen LogP contribution in [0.15, 0.2) is 158 Å². The Morgan fingerprint density at radius 3 is 1.77 bits per heavy atom. The highest BCUT2D eigenvalue weighted by atomic mass is 14.9. The molecular weight excluding hydrogens is 530 g/mol. The molecule has 44 heavy (non-hydrogen) atoms. The number of fused-ring (bicyclic) bond motifs is 4. The van der Waals surface area contributed by atoms with Gasteiger partial charge in [-0.1, -0.05) is 147 Å². The first-order valence-corrected chi connectivity index (χ1v) is 15.4. The van der Waals surface area contributed by atoms with E-state index in [0.29, 0.717) is 0 Å². The lowest BCUT2D eigenvalue weighted by molar-refractivity contribution is 0.660. The molecule has 1 heteroatoms. The maximum Gasteiger partial charge on any atom is 0.0390 e. The van der Waals surface area contributed by atoms with Crippen molar-refractivity contribution in [1.82, 2.24) is 0 Å². The van der Waals surface area contributed by atoms with Crippen molar-refractivity contribution in [3.63, 3.8) is 0 Å². The second-order valence-electron chi connectivity index (χ2n) is 12.3. The van der Waals surface area contributed by atoms with Crippen molar-refractivity contribution in [1.29, 1.82) is 0 Å². The summed E-state index contributed by atoms with van der Waals surface area (Å²) in [6, 6.07) is 57.2. The first-order valence-electron chi connectivity index (χ1n) is 15.4. The minimum atomic E-state index is -0.0269. The Morgan fingerprint density at radius 1 is 0.386 bits per heavy atom. The van der Waals surface area contributed by atoms with Crippen LogP contribution in [0.4, 0.5) is 11.4 Å². The molecule has 1 N–H and O–H groups in total. The maximum atomic E-state index is 3.73. The second-order valence-corrected chi connectivity index (χ2v) is 12.3. The van der Waals surface area contributed by atoms with Gasteiger partial charge in [0.25, 0.3) is 0 Å². The topological polar surface area (TPSA) is 12.0 Å². The Balaban J connectivity index is 1.15. The van der Waals surface area contributed by atoms with Gasteiger partial charge in [-0.3, -0.25) is 0 Å². The highest BCUT2D eigenvalue weighted by molar-refractivity contribution is 5.97. The van der Waals surface area contributed by atoms with Crippen molar-refractivity contribution in [3.8, 4) is 44.5 Å². The quantitative estimate of drug-likeness (QED) is 0.220. The molecule has 7 aromatic rings. The molecule has 210 valence electrons. The Bertz CT molecular complexity index is 2150. The number of benzene rings is 7. The van der Waals surface area contributed by atoms with Gasteiger partial charge in [-0.05, 0) is 90.7 Å². The lowest BCUT2D eigenvalue weighted by atomic mass is 9.82. The average Bonchev–Trinajstić information content (AvgIpc) is 3.31. The molecule has 8 rings (SSSR count). The summed E-state index contributed by atoms with van der Waals surface area (Å²) in [5.74, 6) is 0. The zero-order chi connectivity index (χ0) is 29.7. The zero-order valence-electron chi connectivity index (χ0n) is 25.0. The van der Waals surface area contributed by atoms with Crippen LogP contribution < -0.4 is 5.32 Å². The smallest absolute Gasteiger partial charge is 0.0390 e. The fourth-order valence-corrected chi connectivity index (χ4v) is 6.99. The highest BCUT2D eigenvalue weighted by Crippen LogP contribution is 2.49. The van der Waals surface area contributed by atoms with E-state index in [1.807, 2.05) is 0 Å². The van der Waals surface area contributed by atoms with Crippen LogP contribution in [0.3, 0.4) is 0 Å². The van der Waals surface area contributed by atoms with Gasteiger partial charge in [0.05, 0.1) is 0 Å². The molecule has 0 unspecified atom stereocenters. The van der Waals surface area contributed by atoms with Crippen LogP contribution in [-0.2, 0) is 5.41 Å². The summed E-state index contributed by atoms with van der Waals surface area (Å²) in [6.45, 7) is 4.66. The minimum absolute atomic E-state index is 0.0269. The summed E-state index contributed by atoms with van der Waals surface area (Å²) in [5, 5.41) is 6.28. The van der Waals surface area contributed by atoms with Crippen molar-refractivity contribution in [2.24, 2.45) is 0 Å². The fourth-order valence-electron chi connectivity index (χ4n) is 6.99. The fraction of sp³-hybridized carbons (Fsp3) is 0.0698. The lowest BCUT2D eigenvalue weighted by Gasteiger charge is -2.22. The number of hydrogen-bond donors (Lipinski definition) is 1. The van der Waals surface area contributed by atoms with Crippen molar-refractivity contribution in [3.05, 3.63) is 169 Å². The SMILES string of the molecule is CC1(C)c2ccccc2-c2ccc(Nc3ccc(-c4ccc(-c5cccc6ccccc56)cc4)c(-c4ccccc4)c3)cc21. The molecule has 0 heterocycles. The van der Waals surface area contributed by atoms with E-state index in [1.165, 1.54) is 66.4 Å². The van der Waals surface area contributed by atoms with Crippen LogP contribution in [0.25, 0.3) is 55.3 Å². The second kappa shape index (κ2) is 10.4. The Labute approximate surface area is 259 Å². The third-order valence-electron chi connectivity index (χ3n) is 9.27. The first-order chi connectivity index (χ1) is 21.6. The molecule has 0 bridgehead atoms. The Hall–Kier alpha value is -5.40. The van der Waals surface area contributed by atoms with Gasteiger partial charge in [0.15, 0.2) is 0 Å². The van der Waals surface area contributed by atoms with Crippen molar-refractivity contribution < 1.29 is 0 Å². The normalized spacial score (nSPS) is 13.0. The Kier molecular flexibility index (Phi) is 6.20. The van der Waals surface area contributed by atoms with Crippen LogP contribution in [-0.4, -0.2) is 0 Å². The molecule has 0 amide bonds. The van der Waals surface area contributed by atoms with Crippen LogP contribution in [0.5, 0.6) is 0 Å². The van der Waals surface area contributed by atoms with Crippen molar-refractivity contribution in [2.75, 3.05) is 5.32 Å². The Morgan fingerprint density at radius 2 is 0.955 bits per heavy atom. The number of rotatable bonds is 5. The molecule has 0 atom stereocenters. The summed E-state index contributed by atoms with van der Waals surface area (Å²) in [7, 11) is 0. The van der Waals surface area contributed by atoms with E-state index in [-0.39, 0.29) is 5.41 Å². The van der Waals surface area contributed by atoms with Gasteiger partial charge in [0.1, 0.15) is 0 Å². The van der Waals surface area contributed by atoms with Gasteiger partial charge < -0.3 is 5.32 Å². The molecule has 7 aromatic carbocycles. The lowest BCUT2D eigenvalue weighted by Crippen LogP contribution is -2.15. The van der Waals surface area contributed by atoms with E-state index in [2.05, 4.69) is 177 Å². The van der Waals surface area contributed by atoms with Crippen LogP contribution in [0.1, 0.15) is 25.0 Å². The zero-order valence-corrected chi connectivity index (χ0v) is 25.0. The predicted octanol–water partition coefficient (Wildman–Crippen LogP) is 11.9. The third kappa shape index (κ3) is 4.41. The van der Waals surface area contributed by atoms with Crippen LogP contribution in [0, 0.1) is 0 Å². The molecular formula is C43H33N. The van der Waals surface area contributed by atoms with E-state index < -0.39 is 0 Å². The monoisotopic (exact) mass is 563 g/mol. The van der Waals surface area contributed by atoms with Crippen molar-refractivity contribution >= 4 is 22.1 Å². The molecule has 0 fully saturated rings. The molecule has 0 aromatic heterocycles. The molecule has 0 radical (unpaired) electrons. The minimum Gasteiger partial charge on any atom is -0.355 e. The van der Waals surface area contributed by atoms with Crippen molar-refractivity contribution in [2.45, 2.75) is 19.3 Å². The van der Waals surface area contributed by atoms with Crippen LogP contribution >= 0.6 is 0 Å². The molecule has 0 saturated carbocycles. The van der Waals surface area contributed by atoms with Crippen LogP contribution in [0.2, 0.25) is 0 Å².